The number of Topliss-reactive ketones (excluding diaryl/α,β-unsaturated/α-hetero) is 1. The smallest absolute Gasteiger partial charge is 0.195 e. The molecule has 4 aromatic rings. The minimum Gasteiger partial charge on any atom is -0.497 e. The molecule has 4 aromatic carbocycles. The highest BCUT2D eigenvalue weighted by Gasteiger charge is 2.21. The van der Waals surface area contributed by atoms with E-state index in [9.17, 15) is 4.79 Å². The van der Waals surface area contributed by atoms with Crippen molar-refractivity contribution in [1.82, 2.24) is 5.32 Å². The summed E-state index contributed by atoms with van der Waals surface area (Å²) in [6.07, 6.45) is 0. The van der Waals surface area contributed by atoms with Crippen LogP contribution in [0.4, 0.5) is 0 Å². The van der Waals surface area contributed by atoms with Crippen LogP contribution in [-0.4, -0.2) is 20.0 Å². The van der Waals surface area contributed by atoms with Crippen LogP contribution < -0.4 is 14.8 Å². The van der Waals surface area contributed by atoms with Gasteiger partial charge >= 0.3 is 0 Å². The number of hydrogen-bond donors (Lipinski definition) is 1. The number of allylic oxidation sites excluding steroid dienone is 1. The van der Waals surface area contributed by atoms with Crippen molar-refractivity contribution in [2.75, 3.05) is 14.2 Å². The Morgan fingerprint density at radius 2 is 1.12 bits per heavy atom. The Balaban J connectivity index is 1.86. The zero-order valence-corrected chi connectivity index (χ0v) is 19.3. The van der Waals surface area contributed by atoms with E-state index in [1.165, 1.54) is 0 Å². The Hall–Kier alpha value is -4.31. The van der Waals surface area contributed by atoms with Gasteiger partial charge in [-0.1, -0.05) is 60.7 Å². The van der Waals surface area contributed by atoms with Crippen LogP contribution in [0.1, 0.15) is 27.0 Å². The molecule has 0 amide bonds. The molecule has 0 aliphatic carbocycles. The zero-order chi connectivity index (χ0) is 23.8. The lowest BCUT2D eigenvalue weighted by Gasteiger charge is -2.18. The van der Waals surface area contributed by atoms with E-state index in [0.29, 0.717) is 23.4 Å². The molecule has 0 unspecified atom stereocenters. The summed E-state index contributed by atoms with van der Waals surface area (Å²) in [7, 11) is 3.25. The molecule has 0 atom stereocenters. The third-order valence-corrected chi connectivity index (χ3v) is 5.58. The third-order valence-electron chi connectivity index (χ3n) is 5.58. The lowest BCUT2D eigenvalue weighted by Crippen LogP contribution is -2.17. The van der Waals surface area contributed by atoms with Crippen molar-refractivity contribution in [3.05, 3.63) is 131 Å². The van der Waals surface area contributed by atoms with Crippen LogP contribution in [0, 0.1) is 0 Å². The van der Waals surface area contributed by atoms with Crippen molar-refractivity contribution in [2.24, 2.45) is 0 Å². The molecule has 170 valence electrons. The van der Waals surface area contributed by atoms with Crippen molar-refractivity contribution < 1.29 is 14.3 Å². The molecule has 0 aromatic heterocycles. The first kappa shape index (κ1) is 22.9. The van der Waals surface area contributed by atoms with Gasteiger partial charge in [0.25, 0.3) is 0 Å². The zero-order valence-electron chi connectivity index (χ0n) is 19.3. The summed E-state index contributed by atoms with van der Waals surface area (Å²) in [5.41, 5.74) is 4.82. The van der Waals surface area contributed by atoms with Crippen LogP contribution in [0.3, 0.4) is 0 Å². The first-order chi connectivity index (χ1) is 16.7. The summed E-state index contributed by atoms with van der Waals surface area (Å²) in [4.78, 5) is 13.9. The fourth-order valence-corrected chi connectivity index (χ4v) is 3.76. The molecule has 0 aliphatic rings. The molecule has 0 bridgehead atoms. The molecule has 0 aliphatic heterocycles. The summed E-state index contributed by atoms with van der Waals surface area (Å²) < 4.78 is 10.6. The predicted octanol–water partition coefficient (Wildman–Crippen LogP) is 6.24. The third kappa shape index (κ3) is 5.36. The first-order valence-corrected chi connectivity index (χ1v) is 11.1. The van der Waals surface area contributed by atoms with Crippen LogP contribution in [0.15, 0.2) is 109 Å². The van der Waals surface area contributed by atoms with Gasteiger partial charge in [0.1, 0.15) is 11.5 Å². The Morgan fingerprint density at radius 3 is 1.65 bits per heavy atom. The average molecular weight is 450 g/mol. The van der Waals surface area contributed by atoms with Gasteiger partial charge in [-0.25, -0.2) is 0 Å². The SMILES string of the molecule is COc1ccc(C(=O)/C(=C(/NCc2ccccc2)c2ccc(OC)cc2)c2ccccc2)cc1. The largest absolute Gasteiger partial charge is 0.497 e. The van der Waals surface area contributed by atoms with E-state index in [2.05, 4.69) is 17.4 Å². The fourth-order valence-electron chi connectivity index (χ4n) is 3.76. The summed E-state index contributed by atoms with van der Waals surface area (Å²) >= 11 is 0. The molecule has 0 spiro atoms. The second-order valence-electron chi connectivity index (χ2n) is 7.74. The van der Waals surface area contributed by atoms with E-state index in [-0.39, 0.29) is 5.78 Å². The van der Waals surface area contributed by atoms with Crippen molar-refractivity contribution in [3.63, 3.8) is 0 Å². The highest BCUT2D eigenvalue weighted by atomic mass is 16.5. The molecule has 0 saturated carbocycles. The van der Waals surface area contributed by atoms with Gasteiger partial charge in [0.05, 0.1) is 25.5 Å². The topological polar surface area (TPSA) is 47.6 Å². The van der Waals surface area contributed by atoms with Crippen LogP contribution in [0.5, 0.6) is 11.5 Å². The maximum absolute atomic E-state index is 13.9. The fraction of sp³-hybridized carbons (Fsp3) is 0.100. The van der Waals surface area contributed by atoms with Crippen LogP contribution in [0.25, 0.3) is 11.3 Å². The Kier molecular flexibility index (Phi) is 7.41. The molecule has 4 nitrogen and oxygen atoms in total. The average Bonchev–Trinajstić information content (AvgIpc) is 2.92. The van der Waals surface area contributed by atoms with Gasteiger partial charge in [-0.2, -0.15) is 0 Å². The van der Waals surface area contributed by atoms with Crippen molar-refractivity contribution in [3.8, 4) is 11.5 Å². The van der Waals surface area contributed by atoms with E-state index >= 15 is 0 Å². The summed E-state index contributed by atoms with van der Waals surface area (Å²) in [5, 5.41) is 3.55. The summed E-state index contributed by atoms with van der Waals surface area (Å²) in [6.45, 7) is 0.578. The Morgan fingerprint density at radius 1 is 0.618 bits per heavy atom. The molecule has 0 fully saturated rings. The number of rotatable bonds is 9. The molecule has 1 N–H and O–H groups in total. The number of hydrogen-bond acceptors (Lipinski definition) is 4. The number of nitrogens with one attached hydrogen (secondary N) is 1. The van der Waals surface area contributed by atoms with E-state index in [0.717, 1.165) is 28.1 Å². The number of benzene rings is 4. The summed E-state index contributed by atoms with van der Waals surface area (Å²) in [6, 6.07) is 34.8. The Labute approximate surface area is 200 Å². The normalized spacial score (nSPS) is 11.4. The molecule has 4 heteroatoms. The molecule has 4 rings (SSSR count). The van der Waals surface area contributed by atoms with Crippen molar-refractivity contribution >= 4 is 17.1 Å². The highest BCUT2D eigenvalue weighted by molar-refractivity contribution is 6.34. The standard InChI is InChI=1S/C30H27NO3/c1-33-26-17-13-24(14-18-26)29(31-21-22-9-5-3-6-10-22)28(23-11-7-4-8-12-23)30(32)25-15-19-27(34-2)20-16-25/h3-20,31H,21H2,1-2H3/b29-28+. The monoisotopic (exact) mass is 449 g/mol. The number of carbonyl (C=O) groups is 1. The number of ether oxygens (including phenoxy) is 2. The first-order valence-electron chi connectivity index (χ1n) is 11.1. The second-order valence-corrected chi connectivity index (χ2v) is 7.74. The second kappa shape index (κ2) is 11.0. The number of methoxy groups -OCH3 is 2. The molecule has 0 radical (unpaired) electrons. The minimum atomic E-state index is -0.0692. The molecule has 0 heterocycles. The van der Waals surface area contributed by atoms with Crippen LogP contribution >= 0.6 is 0 Å². The van der Waals surface area contributed by atoms with Crippen LogP contribution in [0.2, 0.25) is 0 Å². The number of ketones is 1. The molecule has 34 heavy (non-hydrogen) atoms. The quantitative estimate of drug-likeness (QED) is 0.187. The van der Waals surface area contributed by atoms with E-state index in [1.54, 1.807) is 38.5 Å². The number of carbonyl (C=O) groups excluding carboxylic acids is 1. The van der Waals surface area contributed by atoms with Gasteiger partial charge in [0, 0.05) is 12.1 Å². The maximum Gasteiger partial charge on any atom is 0.195 e. The van der Waals surface area contributed by atoms with Gasteiger partial charge in [0.2, 0.25) is 0 Å². The highest BCUT2D eigenvalue weighted by Crippen LogP contribution is 2.30. The van der Waals surface area contributed by atoms with Crippen molar-refractivity contribution in [2.45, 2.75) is 6.54 Å². The minimum absolute atomic E-state index is 0.0692. The van der Waals surface area contributed by atoms with Gasteiger partial charge in [-0.05, 0) is 65.2 Å². The van der Waals surface area contributed by atoms with Crippen molar-refractivity contribution in [1.29, 1.82) is 0 Å². The van der Waals surface area contributed by atoms with Gasteiger partial charge in [0.15, 0.2) is 5.78 Å². The van der Waals surface area contributed by atoms with Gasteiger partial charge in [-0.15, -0.1) is 0 Å². The lowest BCUT2D eigenvalue weighted by molar-refractivity contribution is 0.105. The van der Waals surface area contributed by atoms with Gasteiger partial charge < -0.3 is 14.8 Å². The lowest BCUT2D eigenvalue weighted by atomic mass is 9.92. The van der Waals surface area contributed by atoms with Gasteiger partial charge in [-0.3, -0.25) is 4.79 Å². The van der Waals surface area contributed by atoms with E-state index in [4.69, 9.17) is 9.47 Å². The maximum atomic E-state index is 13.9. The Bertz CT molecular complexity index is 1250. The van der Waals surface area contributed by atoms with E-state index < -0.39 is 0 Å². The summed E-state index contributed by atoms with van der Waals surface area (Å²) in [5.74, 6) is 1.40. The van der Waals surface area contributed by atoms with E-state index in [1.807, 2.05) is 72.8 Å². The molecule has 0 saturated heterocycles. The van der Waals surface area contributed by atoms with Crippen LogP contribution in [-0.2, 0) is 6.54 Å². The molecular weight excluding hydrogens is 422 g/mol. The molecular formula is C30H27NO3. The predicted molar refractivity (Wildman–Crippen MR) is 137 cm³/mol.